The molecule has 8 nitrogen and oxygen atoms in total. The van der Waals surface area contributed by atoms with Crippen molar-refractivity contribution in [3.05, 3.63) is 11.3 Å². The molecule has 0 aromatic rings. The summed E-state index contributed by atoms with van der Waals surface area (Å²) in [5.74, 6) is -1.70. The molecule has 2 saturated heterocycles. The lowest BCUT2D eigenvalue weighted by Gasteiger charge is -2.49. The third-order valence-electron chi connectivity index (χ3n) is 4.14. The summed E-state index contributed by atoms with van der Waals surface area (Å²) in [4.78, 5) is 36.7. The van der Waals surface area contributed by atoms with Crippen molar-refractivity contribution >= 4 is 18.0 Å². The maximum Gasteiger partial charge on any atom is 0.408 e. The van der Waals surface area contributed by atoms with Crippen molar-refractivity contribution in [1.29, 1.82) is 0 Å². The molecule has 3 aliphatic rings. The van der Waals surface area contributed by atoms with Crippen LogP contribution in [0, 0.1) is 5.92 Å². The van der Waals surface area contributed by atoms with Gasteiger partial charge in [-0.2, -0.15) is 0 Å². The zero-order valence-corrected chi connectivity index (χ0v) is 9.94. The molecule has 0 unspecified atom stereocenters. The van der Waals surface area contributed by atoms with Gasteiger partial charge in [0, 0.05) is 19.0 Å². The smallest absolute Gasteiger partial charge is 0.408 e. The van der Waals surface area contributed by atoms with Crippen molar-refractivity contribution < 1.29 is 24.6 Å². The quantitative estimate of drug-likeness (QED) is 0.544. The average molecular weight is 267 g/mol. The fourth-order valence-corrected chi connectivity index (χ4v) is 3.41. The van der Waals surface area contributed by atoms with Crippen molar-refractivity contribution in [3.8, 4) is 0 Å². The van der Waals surface area contributed by atoms with Crippen LogP contribution in [0.1, 0.15) is 6.42 Å². The summed E-state index contributed by atoms with van der Waals surface area (Å²) in [5.41, 5.74) is 5.99. The second-order valence-electron chi connectivity index (χ2n) is 5.00. The van der Waals surface area contributed by atoms with Gasteiger partial charge in [0.1, 0.15) is 11.7 Å². The highest BCUT2D eigenvalue weighted by atomic mass is 16.4. The summed E-state index contributed by atoms with van der Waals surface area (Å²) in [6.07, 6.45) is -0.703. The zero-order valence-electron chi connectivity index (χ0n) is 9.94. The third kappa shape index (κ3) is 1.34. The highest BCUT2D eigenvalue weighted by molar-refractivity contribution is 6.02. The molecule has 0 aliphatic carbocycles. The zero-order chi connectivity index (χ0) is 13.9. The number of hydrogen-bond acceptors (Lipinski definition) is 4. The van der Waals surface area contributed by atoms with E-state index in [0.29, 0.717) is 12.0 Å². The summed E-state index contributed by atoms with van der Waals surface area (Å²) in [6, 6.07) is -1.07. The maximum absolute atomic E-state index is 12.0. The summed E-state index contributed by atoms with van der Waals surface area (Å²) >= 11 is 0. The number of aliphatic carboxylic acids is 1. The van der Waals surface area contributed by atoms with Gasteiger partial charge in [-0.05, 0) is 12.0 Å². The first-order valence-electron chi connectivity index (χ1n) is 5.95. The molecule has 3 atom stereocenters. The Hall–Kier alpha value is -2.09. The Morgan fingerprint density at radius 3 is 2.58 bits per heavy atom. The lowest BCUT2D eigenvalue weighted by molar-refractivity contribution is -0.156. The minimum Gasteiger partial charge on any atom is -0.477 e. The molecule has 0 radical (unpaired) electrons. The van der Waals surface area contributed by atoms with E-state index in [4.69, 9.17) is 10.8 Å². The van der Waals surface area contributed by atoms with Crippen LogP contribution in [0.2, 0.25) is 0 Å². The number of carboxylic acids is 1. The number of β-lactam (4-membered cyclic amide) rings is 1. The van der Waals surface area contributed by atoms with Crippen LogP contribution in [0.15, 0.2) is 11.3 Å². The molecule has 0 spiro atoms. The van der Waals surface area contributed by atoms with Gasteiger partial charge in [0.25, 0.3) is 5.91 Å². The Labute approximate surface area is 108 Å². The molecule has 0 aromatic heterocycles. The molecule has 3 aliphatic heterocycles. The number of carbonyl (C=O) groups excluding carboxylic acids is 1. The van der Waals surface area contributed by atoms with Crippen LogP contribution in [0.4, 0.5) is 4.79 Å². The number of nitrogens with zero attached hydrogens (tertiary/aromatic N) is 2. The Morgan fingerprint density at radius 1 is 1.37 bits per heavy atom. The van der Waals surface area contributed by atoms with E-state index < -0.39 is 24.0 Å². The van der Waals surface area contributed by atoms with Crippen LogP contribution in [-0.4, -0.2) is 63.2 Å². The number of carbonyl (C=O) groups is 3. The predicted octanol–water partition coefficient (Wildman–Crippen LogP) is -1.12. The normalized spacial score (nSPS) is 32.3. The standard InChI is InChI=1S/C11H13N3O5/c12-2-4-1-5-3-13(11(18)19)8-6(5)14(9(8)15)7(4)10(16)17/h5-6,8H,1-3,12H2,(H,16,17)(H,18,19)/t5-,6-,8+/m1/s1. The van der Waals surface area contributed by atoms with Crippen LogP contribution in [0.3, 0.4) is 0 Å². The molecule has 3 rings (SSSR count). The van der Waals surface area contributed by atoms with Gasteiger partial charge < -0.3 is 15.9 Å². The van der Waals surface area contributed by atoms with Gasteiger partial charge >= 0.3 is 12.1 Å². The largest absolute Gasteiger partial charge is 0.477 e. The molecule has 102 valence electrons. The first-order chi connectivity index (χ1) is 8.97. The van der Waals surface area contributed by atoms with Gasteiger partial charge in [-0.25, -0.2) is 9.59 Å². The van der Waals surface area contributed by atoms with Crippen LogP contribution in [0.5, 0.6) is 0 Å². The SMILES string of the molecule is NCC1=C(C(=O)O)N2C(=O)[C@@H]3[C@H]2[C@H](C1)CN3C(=O)O. The van der Waals surface area contributed by atoms with Crippen LogP contribution >= 0.6 is 0 Å². The van der Waals surface area contributed by atoms with Gasteiger partial charge in [-0.15, -0.1) is 0 Å². The topological polar surface area (TPSA) is 124 Å². The van der Waals surface area contributed by atoms with E-state index in [0.717, 1.165) is 4.90 Å². The Morgan fingerprint density at radius 2 is 2.05 bits per heavy atom. The van der Waals surface area contributed by atoms with E-state index in [1.165, 1.54) is 4.90 Å². The Balaban J connectivity index is 2.01. The summed E-state index contributed by atoms with van der Waals surface area (Å²) in [6.45, 7) is 0.315. The van der Waals surface area contributed by atoms with E-state index in [1.807, 2.05) is 0 Å². The van der Waals surface area contributed by atoms with E-state index >= 15 is 0 Å². The van der Waals surface area contributed by atoms with Gasteiger partial charge in [-0.3, -0.25) is 14.6 Å². The first kappa shape index (κ1) is 12.0. The highest BCUT2D eigenvalue weighted by Gasteiger charge is 2.64. The van der Waals surface area contributed by atoms with Crippen LogP contribution < -0.4 is 5.73 Å². The molecular weight excluding hydrogens is 254 g/mol. The molecule has 2 fully saturated rings. The van der Waals surface area contributed by atoms with E-state index in [1.54, 1.807) is 0 Å². The minimum atomic E-state index is -1.18. The number of carboxylic acid groups (broad SMARTS) is 2. The van der Waals surface area contributed by atoms with Crippen molar-refractivity contribution in [2.24, 2.45) is 11.7 Å². The molecular formula is C11H13N3O5. The number of nitrogens with two attached hydrogens (primary N) is 1. The number of likely N-dealkylation sites (tertiary alicyclic amines) is 1. The number of hydrogen-bond donors (Lipinski definition) is 3. The molecule has 19 heavy (non-hydrogen) atoms. The van der Waals surface area contributed by atoms with E-state index in [2.05, 4.69) is 0 Å². The van der Waals surface area contributed by atoms with Gasteiger partial charge in [-0.1, -0.05) is 0 Å². The Kier molecular flexibility index (Phi) is 2.33. The number of rotatable bonds is 2. The fraction of sp³-hybridized carbons (Fsp3) is 0.545. The number of amides is 2. The van der Waals surface area contributed by atoms with E-state index in [9.17, 15) is 19.5 Å². The van der Waals surface area contributed by atoms with Gasteiger partial charge in [0.2, 0.25) is 0 Å². The molecule has 0 aromatic carbocycles. The molecule has 3 heterocycles. The predicted molar refractivity (Wildman–Crippen MR) is 61.0 cm³/mol. The first-order valence-corrected chi connectivity index (χ1v) is 5.95. The monoisotopic (exact) mass is 267 g/mol. The second-order valence-corrected chi connectivity index (χ2v) is 5.00. The second kappa shape index (κ2) is 3.70. The van der Waals surface area contributed by atoms with E-state index in [-0.39, 0.29) is 30.7 Å². The summed E-state index contributed by atoms with van der Waals surface area (Å²) in [7, 11) is 0. The fourth-order valence-electron chi connectivity index (χ4n) is 3.41. The average Bonchev–Trinajstić information content (AvgIpc) is 2.72. The summed E-state index contributed by atoms with van der Waals surface area (Å²) < 4.78 is 0. The molecule has 0 bridgehead atoms. The lowest BCUT2D eigenvalue weighted by Crippen LogP contribution is -2.69. The summed E-state index contributed by atoms with van der Waals surface area (Å²) in [5, 5.41) is 18.3. The van der Waals surface area contributed by atoms with Crippen molar-refractivity contribution in [2.75, 3.05) is 13.1 Å². The van der Waals surface area contributed by atoms with Crippen LogP contribution in [-0.2, 0) is 9.59 Å². The molecule has 4 N–H and O–H groups in total. The Bertz CT molecular complexity index is 528. The van der Waals surface area contributed by atoms with Crippen molar-refractivity contribution in [1.82, 2.24) is 9.80 Å². The minimum absolute atomic E-state index is 0.0551. The molecule has 8 heteroatoms. The molecule has 2 amide bonds. The van der Waals surface area contributed by atoms with Gasteiger partial charge in [0.05, 0.1) is 6.04 Å². The maximum atomic E-state index is 12.0. The van der Waals surface area contributed by atoms with Crippen molar-refractivity contribution in [3.63, 3.8) is 0 Å². The van der Waals surface area contributed by atoms with Gasteiger partial charge in [0.15, 0.2) is 0 Å². The van der Waals surface area contributed by atoms with Crippen molar-refractivity contribution in [2.45, 2.75) is 18.5 Å². The highest BCUT2D eigenvalue weighted by Crippen LogP contribution is 2.46. The molecule has 0 saturated carbocycles. The lowest BCUT2D eigenvalue weighted by atomic mass is 9.79. The van der Waals surface area contributed by atoms with Crippen LogP contribution in [0.25, 0.3) is 0 Å². The third-order valence-corrected chi connectivity index (χ3v) is 4.14.